The van der Waals surface area contributed by atoms with Crippen LogP contribution in [0.2, 0.25) is 0 Å². The Bertz CT molecular complexity index is 464. The van der Waals surface area contributed by atoms with E-state index >= 15 is 0 Å². The molecular weight excluding hydrogens is 228 g/mol. The van der Waals surface area contributed by atoms with Gasteiger partial charge in [0.05, 0.1) is 11.5 Å². The molecule has 0 amide bonds. The maximum atomic E-state index is 11.5. The monoisotopic (exact) mass is 248 g/mol. The van der Waals surface area contributed by atoms with Crippen molar-refractivity contribution in [3.8, 4) is 0 Å². The van der Waals surface area contributed by atoms with E-state index in [1.54, 1.807) is 0 Å². The Morgan fingerprint density at radius 2 is 2.00 bits per heavy atom. The molecule has 0 unspecified atom stereocenters. The average Bonchev–Trinajstić information content (AvgIpc) is 2.89. The molecule has 98 valence electrons. The molecule has 0 aromatic heterocycles. The second-order valence-corrected chi connectivity index (χ2v) is 7.24. The van der Waals surface area contributed by atoms with E-state index in [2.05, 4.69) is 20.8 Å². The lowest BCUT2D eigenvalue weighted by Crippen LogP contribution is -2.34. The normalized spacial score (nSPS) is 52.0. The van der Waals surface area contributed by atoms with E-state index in [1.165, 1.54) is 0 Å². The molecule has 3 nitrogen and oxygen atoms in total. The van der Waals surface area contributed by atoms with E-state index < -0.39 is 11.5 Å². The summed E-state index contributed by atoms with van der Waals surface area (Å²) < 4.78 is 0. The van der Waals surface area contributed by atoms with Crippen LogP contribution in [0.25, 0.3) is 0 Å². The third kappa shape index (κ3) is 1.09. The van der Waals surface area contributed by atoms with Crippen LogP contribution >= 0.6 is 0 Å². The van der Waals surface area contributed by atoms with Crippen molar-refractivity contribution in [2.24, 2.45) is 28.1 Å². The topological polar surface area (TPSA) is 54.4 Å². The van der Waals surface area contributed by atoms with Crippen LogP contribution in [-0.4, -0.2) is 23.8 Å². The molecule has 3 aliphatic rings. The molecule has 2 fully saturated rings. The van der Waals surface area contributed by atoms with Crippen LogP contribution in [0.5, 0.6) is 0 Å². The van der Waals surface area contributed by atoms with Crippen molar-refractivity contribution < 1.29 is 14.7 Å². The molecule has 0 radical (unpaired) electrons. The van der Waals surface area contributed by atoms with Gasteiger partial charge >= 0.3 is 0 Å². The van der Waals surface area contributed by atoms with Gasteiger partial charge in [0.25, 0.3) is 0 Å². The van der Waals surface area contributed by atoms with E-state index in [-0.39, 0.29) is 16.7 Å². The first-order valence-corrected chi connectivity index (χ1v) is 6.64. The van der Waals surface area contributed by atoms with Crippen molar-refractivity contribution in [2.75, 3.05) is 0 Å². The van der Waals surface area contributed by atoms with Crippen LogP contribution < -0.4 is 0 Å². The van der Waals surface area contributed by atoms with Gasteiger partial charge in [-0.1, -0.05) is 26.8 Å². The number of aliphatic hydroxyl groups is 1. The van der Waals surface area contributed by atoms with E-state index in [4.69, 9.17) is 0 Å². The van der Waals surface area contributed by atoms with Gasteiger partial charge in [-0.15, -0.1) is 0 Å². The summed E-state index contributed by atoms with van der Waals surface area (Å²) in [7, 11) is 0. The molecule has 18 heavy (non-hydrogen) atoms. The minimum absolute atomic E-state index is 0.0285. The molecule has 5 atom stereocenters. The fraction of sp³-hybridized carbons (Fsp3) is 0.733. The van der Waals surface area contributed by atoms with E-state index in [0.717, 1.165) is 25.4 Å². The van der Waals surface area contributed by atoms with Crippen LogP contribution in [-0.2, 0) is 9.59 Å². The van der Waals surface area contributed by atoms with Gasteiger partial charge in [-0.25, -0.2) is 0 Å². The highest BCUT2D eigenvalue weighted by Gasteiger charge is 2.74. The van der Waals surface area contributed by atoms with Crippen molar-refractivity contribution in [1.29, 1.82) is 0 Å². The molecule has 0 saturated heterocycles. The number of carbonyl (C=O) groups excluding carboxylic acids is 2. The number of aldehydes is 2. The third-order valence-corrected chi connectivity index (χ3v) is 5.95. The number of hydrogen-bond donors (Lipinski definition) is 1. The molecule has 3 rings (SSSR count). The Hall–Kier alpha value is -0.960. The van der Waals surface area contributed by atoms with Gasteiger partial charge in [0.1, 0.15) is 12.6 Å². The molecule has 3 heteroatoms. The van der Waals surface area contributed by atoms with Gasteiger partial charge in [-0.05, 0) is 29.6 Å². The molecule has 0 aromatic rings. The van der Waals surface area contributed by atoms with Crippen molar-refractivity contribution in [3.63, 3.8) is 0 Å². The molecule has 2 saturated carbocycles. The van der Waals surface area contributed by atoms with Crippen molar-refractivity contribution in [2.45, 2.75) is 39.7 Å². The fourth-order valence-electron chi connectivity index (χ4n) is 4.60. The highest BCUT2D eigenvalue weighted by molar-refractivity contribution is 5.89. The summed E-state index contributed by atoms with van der Waals surface area (Å²) in [6, 6.07) is 0. The molecular formula is C15H20O3. The van der Waals surface area contributed by atoms with Gasteiger partial charge < -0.3 is 9.90 Å². The van der Waals surface area contributed by atoms with Crippen LogP contribution in [0.15, 0.2) is 11.6 Å². The van der Waals surface area contributed by atoms with Gasteiger partial charge in [0.15, 0.2) is 0 Å². The largest absolute Gasteiger partial charge is 0.392 e. The number of aliphatic hydroxyl groups excluding tert-OH is 1. The highest BCUT2D eigenvalue weighted by atomic mass is 16.3. The van der Waals surface area contributed by atoms with E-state index in [1.807, 2.05) is 6.08 Å². The quantitative estimate of drug-likeness (QED) is 0.757. The predicted molar refractivity (Wildman–Crippen MR) is 66.8 cm³/mol. The molecule has 0 bridgehead atoms. The summed E-state index contributed by atoms with van der Waals surface area (Å²) in [5.41, 5.74) is -0.224. The first kappa shape index (κ1) is 12.1. The molecule has 0 aliphatic heterocycles. The van der Waals surface area contributed by atoms with Gasteiger partial charge in [0.2, 0.25) is 0 Å². The number of allylic oxidation sites excluding steroid dienone is 1. The lowest BCUT2D eigenvalue weighted by atomic mass is 9.69. The Kier molecular flexibility index (Phi) is 2.10. The summed E-state index contributed by atoms with van der Waals surface area (Å²) >= 11 is 0. The zero-order valence-corrected chi connectivity index (χ0v) is 11.1. The van der Waals surface area contributed by atoms with Crippen molar-refractivity contribution in [1.82, 2.24) is 0 Å². The Balaban J connectivity index is 2.11. The molecule has 0 heterocycles. The molecule has 0 aromatic carbocycles. The summed E-state index contributed by atoms with van der Waals surface area (Å²) in [6.45, 7) is 6.24. The lowest BCUT2D eigenvalue weighted by Gasteiger charge is -2.34. The second-order valence-electron chi connectivity index (χ2n) is 7.24. The summed E-state index contributed by atoms with van der Waals surface area (Å²) in [5, 5.41) is 10.4. The number of rotatable bonds is 2. The Morgan fingerprint density at radius 1 is 1.33 bits per heavy atom. The molecule has 3 aliphatic carbocycles. The van der Waals surface area contributed by atoms with Gasteiger partial charge in [-0.3, -0.25) is 4.79 Å². The maximum absolute atomic E-state index is 11.5. The van der Waals surface area contributed by atoms with Crippen molar-refractivity contribution in [3.05, 3.63) is 11.6 Å². The first-order chi connectivity index (χ1) is 8.32. The minimum Gasteiger partial charge on any atom is -0.392 e. The van der Waals surface area contributed by atoms with Gasteiger partial charge in [-0.2, -0.15) is 0 Å². The zero-order valence-electron chi connectivity index (χ0n) is 11.1. The minimum atomic E-state index is -0.559. The Labute approximate surface area is 107 Å². The van der Waals surface area contributed by atoms with Crippen molar-refractivity contribution >= 4 is 12.6 Å². The van der Waals surface area contributed by atoms with Crippen LogP contribution in [0, 0.1) is 28.1 Å². The van der Waals surface area contributed by atoms with E-state index in [0.29, 0.717) is 11.5 Å². The smallest absolute Gasteiger partial charge is 0.146 e. The third-order valence-electron chi connectivity index (χ3n) is 5.95. The highest BCUT2D eigenvalue weighted by Crippen LogP contribution is 2.76. The molecule has 0 spiro atoms. The second kappa shape index (κ2) is 3.13. The van der Waals surface area contributed by atoms with Gasteiger partial charge in [0, 0.05) is 11.5 Å². The van der Waals surface area contributed by atoms with Crippen LogP contribution in [0.1, 0.15) is 33.6 Å². The Morgan fingerprint density at radius 3 is 2.56 bits per heavy atom. The lowest BCUT2D eigenvalue weighted by molar-refractivity contribution is -0.115. The number of fused-ring (bicyclic) bond motifs is 3. The number of hydrogen-bond acceptors (Lipinski definition) is 3. The number of carbonyl (C=O) groups is 2. The summed E-state index contributed by atoms with van der Waals surface area (Å²) in [6.07, 6.45) is 4.92. The van der Waals surface area contributed by atoms with Crippen LogP contribution in [0.3, 0.4) is 0 Å². The summed E-state index contributed by atoms with van der Waals surface area (Å²) in [5.74, 6) is 0.345. The standard InChI is InChI=1S/C15H20O3/c1-13(2)5-11-10(12(13)18)4-9(6-16)15(8-17)7-14(11,15)3/h4,6,8,10-12,18H,5,7H2,1-3H3/t10-,11-,12-,14+,15+/m0/s1. The SMILES string of the molecule is CC1(C)C[C@H]2[C@H](C=C(C=O)[C@]3(C=O)C[C@]23C)[C@@H]1O. The molecule has 1 N–H and O–H groups in total. The first-order valence-electron chi connectivity index (χ1n) is 6.64. The van der Waals surface area contributed by atoms with Crippen LogP contribution in [0.4, 0.5) is 0 Å². The predicted octanol–water partition coefficient (Wildman–Crippen LogP) is 1.74. The maximum Gasteiger partial charge on any atom is 0.146 e. The summed E-state index contributed by atoms with van der Waals surface area (Å²) in [4.78, 5) is 22.7. The average molecular weight is 248 g/mol. The zero-order chi connectivity index (χ0) is 13.3. The van der Waals surface area contributed by atoms with E-state index in [9.17, 15) is 14.7 Å². The fourth-order valence-corrected chi connectivity index (χ4v) is 4.60.